The molecule has 2 aromatic rings. The third kappa shape index (κ3) is 2.14. The predicted octanol–water partition coefficient (Wildman–Crippen LogP) is 3.69. The SMILES string of the molecule is Cc1nc(C#N)c(-c2cc(C(C)C)ccc2C)[nH]1. The highest BCUT2D eigenvalue weighted by Gasteiger charge is 2.13. The van der Waals surface area contributed by atoms with E-state index in [0.29, 0.717) is 11.6 Å². The monoisotopic (exact) mass is 239 g/mol. The van der Waals surface area contributed by atoms with Gasteiger partial charge in [-0.05, 0) is 37.0 Å². The zero-order chi connectivity index (χ0) is 13.3. The zero-order valence-corrected chi connectivity index (χ0v) is 11.2. The molecule has 0 atom stereocenters. The van der Waals surface area contributed by atoms with Gasteiger partial charge in [0, 0.05) is 5.56 Å². The van der Waals surface area contributed by atoms with Crippen LogP contribution in [-0.2, 0) is 0 Å². The van der Waals surface area contributed by atoms with E-state index in [4.69, 9.17) is 5.26 Å². The molecule has 1 heterocycles. The molecule has 0 aliphatic rings. The van der Waals surface area contributed by atoms with Gasteiger partial charge in [0.25, 0.3) is 0 Å². The molecule has 0 saturated carbocycles. The summed E-state index contributed by atoms with van der Waals surface area (Å²) in [6, 6.07) is 8.53. The summed E-state index contributed by atoms with van der Waals surface area (Å²) in [6.45, 7) is 8.25. The first-order valence-electron chi connectivity index (χ1n) is 6.10. The number of nitrogens with one attached hydrogen (secondary N) is 1. The van der Waals surface area contributed by atoms with Crippen LogP contribution in [0.3, 0.4) is 0 Å². The molecule has 3 nitrogen and oxygen atoms in total. The number of nitrogens with zero attached hydrogens (tertiary/aromatic N) is 2. The summed E-state index contributed by atoms with van der Waals surface area (Å²) in [6.07, 6.45) is 0. The third-order valence-electron chi connectivity index (χ3n) is 3.13. The van der Waals surface area contributed by atoms with Crippen molar-refractivity contribution in [3.63, 3.8) is 0 Å². The van der Waals surface area contributed by atoms with Crippen molar-refractivity contribution in [3.8, 4) is 17.3 Å². The summed E-state index contributed by atoms with van der Waals surface area (Å²) in [5, 5.41) is 9.13. The van der Waals surface area contributed by atoms with Crippen LogP contribution < -0.4 is 0 Å². The zero-order valence-electron chi connectivity index (χ0n) is 11.2. The fourth-order valence-corrected chi connectivity index (χ4v) is 2.04. The highest BCUT2D eigenvalue weighted by molar-refractivity contribution is 5.69. The molecule has 0 unspecified atom stereocenters. The maximum Gasteiger partial charge on any atom is 0.166 e. The van der Waals surface area contributed by atoms with Crippen molar-refractivity contribution in [1.29, 1.82) is 5.26 Å². The summed E-state index contributed by atoms with van der Waals surface area (Å²) in [4.78, 5) is 7.39. The fourth-order valence-electron chi connectivity index (χ4n) is 2.04. The van der Waals surface area contributed by atoms with Crippen molar-refractivity contribution >= 4 is 0 Å². The van der Waals surface area contributed by atoms with Gasteiger partial charge >= 0.3 is 0 Å². The van der Waals surface area contributed by atoms with Gasteiger partial charge in [-0.15, -0.1) is 0 Å². The maximum absolute atomic E-state index is 9.13. The van der Waals surface area contributed by atoms with Gasteiger partial charge in [0.15, 0.2) is 5.69 Å². The van der Waals surface area contributed by atoms with Crippen molar-refractivity contribution in [2.45, 2.75) is 33.6 Å². The Morgan fingerprint density at radius 1 is 1.28 bits per heavy atom. The van der Waals surface area contributed by atoms with Crippen LogP contribution in [0.5, 0.6) is 0 Å². The van der Waals surface area contributed by atoms with Gasteiger partial charge in [-0.2, -0.15) is 5.26 Å². The average Bonchev–Trinajstić information content (AvgIpc) is 2.70. The van der Waals surface area contributed by atoms with Crippen LogP contribution in [0.15, 0.2) is 18.2 Å². The molecule has 0 saturated heterocycles. The molecule has 92 valence electrons. The Morgan fingerprint density at radius 2 is 2.00 bits per heavy atom. The number of hydrogen-bond acceptors (Lipinski definition) is 2. The standard InChI is InChI=1S/C15H17N3/c1-9(2)12-6-5-10(3)13(7-12)15-14(8-16)17-11(4)18-15/h5-7,9H,1-4H3,(H,17,18). The molecular weight excluding hydrogens is 222 g/mol. The second kappa shape index (κ2) is 4.66. The van der Waals surface area contributed by atoms with Crippen LogP contribution in [-0.4, -0.2) is 9.97 Å². The Bertz CT molecular complexity index is 615. The quantitative estimate of drug-likeness (QED) is 0.869. The van der Waals surface area contributed by atoms with E-state index >= 15 is 0 Å². The molecule has 1 aromatic carbocycles. The van der Waals surface area contributed by atoms with Crippen LogP contribution in [0.2, 0.25) is 0 Å². The largest absolute Gasteiger partial charge is 0.341 e. The molecular formula is C15H17N3. The summed E-state index contributed by atoms with van der Waals surface area (Å²) in [7, 11) is 0. The van der Waals surface area contributed by atoms with Gasteiger partial charge in [-0.25, -0.2) is 4.98 Å². The lowest BCUT2D eigenvalue weighted by atomic mass is 9.96. The van der Waals surface area contributed by atoms with Gasteiger partial charge in [0.05, 0.1) is 5.69 Å². The topological polar surface area (TPSA) is 52.5 Å². The second-order valence-electron chi connectivity index (χ2n) is 4.89. The van der Waals surface area contributed by atoms with Crippen molar-refractivity contribution in [2.75, 3.05) is 0 Å². The maximum atomic E-state index is 9.13. The van der Waals surface area contributed by atoms with Crippen molar-refractivity contribution in [3.05, 3.63) is 40.8 Å². The van der Waals surface area contributed by atoms with Crippen molar-refractivity contribution < 1.29 is 0 Å². The minimum atomic E-state index is 0.469. The molecule has 18 heavy (non-hydrogen) atoms. The second-order valence-corrected chi connectivity index (χ2v) is 4.89. The number of aryl methyl sites for hydroxylation is 2. The molecule has 0 bridgehead atoms. The minimum absolute atomic E-state index is 0.469. The van der Waals surface area contributed by atoms with E-state index in [2.05, 4.69) is 55.0 Å². The number of aromatic nitrogens is 2. The van der Waals surface area contributed by atoms with Gasteiger partial charge in [-0.3, -0.25) is 0 Å². The number of nitriles is 1. The third-order valence-corrected chi connectivity index (χ3v) is 3.13. The first-order valence-corrected chi connectivity index (χ1v) is 6.10. The van der Waals surface area contributed by atoms with Gasteiger partial charge in [0.2, 0.25) is 0 Å². The number of rotatable bonds is 2. The van der Waals surface area contributed by atoms with Crippen LogP contribution in [0.1, 0.15) is 42.4 Å². The smallest absolute Gasteiger partial charge is 0.166 e. The number of hydrogen-bond donors (Lipinski definition) is 1. The average molecular weight is 239 g/mol. The normalized spacial score (nSPS) is 10.7. The molecule has 0 aliphatic carbocycles. The van der Waals surface area contributed by atoms with E-state index in [1.54, 1.807) is 0 Å². The molecule has 0 amide bonds. The molecule has 0 aliphatic heterocycles. The summed E-state index contributed by atoms with van der Waals surface area (Å²) < 4.78 is 0. The summed E-state index contributed by atoms with van der Waals surface area (Å²) >= 11 is 0. The van der Waals surface area contributed by atoms with Gasteiger partial charge in [-0.1, -0.05) is 26.0 Å². The lowest BCUT2D eigenvalue weighted by molar-refractivity contribution is 0.866. The molecule has 0 radical (unpaired) electrons. The molecule has 1 N–H and O–H groups in total. The first-order chi connectivity index (χ1) is 8.52. The van der Waals surface area contributed by atoms with Crippen molar-refractivity contribution in [2.24, 2.45) is 0 Å². The molecule has 1 aromatic heterocycles. The molecule has 2 rings (SSSR count). The van der Waals surface area contributed by atoms with E-state index in [1.807, 2.05) is 6.92 Å². The number of aromatic amines is 1. The summed E-state index contributed by atoms with van der Waals surface area (Å²) in [5.74, 6) is 1.25. The van der Waals surface area contributed by atoms with E-state index < -0.39 is 0 Å². The minimum Gasteiger partial charge on any atom is -0.341 e. The van der Waals surface area contributed by atoms with Crippen molar-refractivity contribution in [1.82, 2.24) is 9.97 Å². The Kier molecular flexibility index (Phi) is 3.20. The van der Waals surface area contributed by atoms with E-state index in [-0.39, 0.29) is 0 Å². The highest BCUT2D eigenvalue weighted by atomic mass is 14.9. The molecule has 3 heteroatoms. The molecule has 0 fully saturated rings. The highest BCUT2D eigenvalue weighted by Crippen LogP contribution is 2.28. The Hall–Kier alpha value is -2.08. The van der Waals surface area contributed by atoms with E-state index in [0.717, 1.165) is 22.6 Å². The number of imidazole rings is 1. The first kappa shape index (κ1) is 12.4. The lowest BCUT2D eigenvalue weighted by Gasteiger charge is -2.10. The van der Waals surface area contributed by atoms with Crippen LogP contribution in [0, 0.1) is 25.2 Å². The van der Waals surface area contributed by atoms with Crippen LogP contribution in [0.25, 0.3) is 11.3 Å². The van der Waals surface area contributed by atoms with Crippen LogP contribution in [0.4, 0.5) is 0 Å². The predicted molar refractivity (Wildman–Crippen MR) is 72.3 cm³/mol. The Labute approximate surface area is 107 Å². The van der Waals surface area contributed by atoms with Gasteiger partial charge in [0.1, 0.15) is 11.9 Å². The Morgan fingerprint density at radius 3 is 2.61 bits per heavy atom. The van der Waals surface area contributed by atoms with Gasteiger partial charge < -0.3 is 4.98 Å². The number of H-pyrrole nitrogens is 1. The van der Waals surface area contributed by atoms with Crippen LogP contribution >= 0.6 is 0 Å². The van der Waals surface area contributed by atoms with E-state index in [1.165, 1.54) is 5.56 Å². The molecule has 0 spiro atoms. The van der Waals surface area contributed by atoms with E-state index in [9.17, 15) is 0 Å². The summed E-state index contributed by atoms with van der Waals surface area (Å²) in [5.41, 5.74) is 4.79. The lowest BCUT2D eigenvalue weighted by Crippen LogP contribution is -1.92. The number of benzene rings is 1. The fraction of sp³-hybridized carbons (Fsp3) is 0.333. The Balaban J connectivity index is 2.63.